The van der Waals surface area contributed by atoms with Crippen molar-refractivity contribution in [2.45, 2.75) is 51.1 Å². The van der Waals surface area contributed by atoms with Gasteiger partial charge in [-0.1, -0.05) is 30.2 Å². The number of nitrogens with zero attached hydrogens (tertiary/aromatic N) is 1. The van der Waals surface area contributed by atoms with E-state index in [0.29, 0.717) is 18.4 Å². The summed E-state index contributed by atoms with van der Waals surface area (Å²) in [6, 6.07) is 6.50. The van der Waals surface area contributed by atoms with E-state index in [-0.39, 0.29) is 6.04 Å². The van der Waals surface area contributed by atoms with Crippen LogP contribution in [-0.4, -0.2) is 23.4 Å². The highest BCUT2D eigenvalue weighted by Gasteiger charge is 2.32. The van der Waals surface area contributed by atoms with Gasteiger partial charge in [0.25, 0.3) is 0 Å². The maximum atomic E-state index is 12.4. The van der Waals surface area contributed by atoms with Gasteiger partial charge in [-0.25, -0.2) is 0 Å². The first-order valence-electron chi connectivity index (χ1n) is 7.51. The fraction of sp³-hybridized carbons (Fsp3) is 0.562. The van der Waals surface area contributed by atoms with Crippen LogP contribution < -0.4 is 5.32 Å². The fourth-order valence-corrected chi connectivity index (χ4v) is 3.60. The van der Waals surface area contributed by atoms with Crippen LogP contribution in [0.15, 0.2) is 18.2 Å². The van der Waals surface area contributed by atoms with Crippen molar-refractivity contribution in [1.82, 2.24) is 4.90 Å². The molecule has 0 saturated carbocycles. The van der Waals surface area contributed by atoms with Gasteiger partial charge in [-0.05, 0) is 37.8 Å². The van der Waals surface area contributed by atoms with E-state index in [9.17, 15) is 4.79 Å². The molecule has 2 atom stereocenters. The number of halogens is 1. The Hall–Kier alpha value is -1.22. The lowest BCUT2D eigenvalue weighted by Gasteiger charge is -2.38. The molecule has 108 valence electrons. The van der Waals surface area contributed by atoms with Crippen molar-refractivity contribution in [2.75, 3.05) is 11.9 Å². The lowest BCUT2D eigenvalue weighted by atomic mass is 9.92. The average Bonchev–Trinajstić information content (AvgIpc) is 2.64. The molecule has 0 bridgehead atoms. The number of carbonyl (C=O) groups excluding carboxylic acids is 1. The van der Waals surface area contributed by atoms with Crippen molar-refractivity contribution in [3.63, 3.8) is 0 Å². The van der Waals surface area contributed by atoms with Crippen molar-refractivity contribution in [3.8, 4) is 0 Å². The topological polar surface area (TPSA) is 32.3 Å². The number of carbonyl (C=O) groups is 1. The zero-order chi connectivity index (χ0) is 14.1. The van der Waals surface area contributed by atoms with E-state index in [0.717, 1.165) is 42.9 Å². The normalized spacial score (nSPS) is 26.7. The number of amides is 1. The Bertz CT molecular complexity index is 517. The predicted octanol–water partition coefficient (Wildman–Crippen LogP) is 3.99. The number of hydrogen-bond acceptors (Lipinski definition) is 2. The number of rotatable bonds is 1. The summed E-state index contributed by atoms with van der Waals surface area (Å²) >= 11 is 6.31. The lowest BCUT2D eigenvalue weighted by Crippen LogP contribution is -2.40. The molecule has 1 amide bonds. The summed E-state index contributed by atoms with van der Waals surface area (Å²) in [6.45, 7) is 3.03. The lowest BCUT2D eigenvalue weighted by molar-refractivity contribution is -0.133. The summed E-state index contributed by atoms with van der Waals surface area (Å²) in [5.41, 5.74) is 2.18. The molecule has 0 radical (unpaired) electrons. The van der Waals surface area contributed by atoms with Crippen LogP contribution in [0, 0.1) is 0 Å². The van der Waals surface area contributed by atoms with Gasteiger partial charge in [0.05, 0.1) is 16.8 Å². The van der Waals surface area contributed by atoms with Gasteiger partial charge in [-0.3, -0.25) is 4.79 Å². The molecule has 2 heterocycles. The Labute approximate surface area is 125 Å². The fourth-order valence-electron chi connectivity index (χ4n) is 3.37. The molecule has 3 nitrogen and oxygen atoms in total. The Balaban J connectivity index is 1.97. The molecule has 1 N–H and O–H groups in total. The largest absolute Gasteiger partial charge is 0.381 e. The zero-order valence-corrected chi connectivity index (χ0v) is 12.6. The van der Waals surface area contributed by atoms with E-state index in [4.69, 9.17) is 11.6 Å². The second-order valence-corrected chi connectivity index (χ2v) is 6.31. The van der Waals surface area contributed by atoms with E-state index in [1.54, 1.807) is 0 Å². The van der Waals surface area contributed by atoms with E-state index in [1.165, 1.54) is 5.56 Å². The quantitative estimate of drug-likeness (QED) is 0.849. The molecule has 1 fully saturated rings. The Morgan fingerprint density at radius 1 is 1.30 bits per heavy atom. The minimum atomic E-state index is 0.172. The predicted molar refractivity (Wildman–Crippen MR) is 82.1 cm³/mol. The van der Waals surface area contributed by atoms with Gasteiger partial charge in [0.2, 0.25) is 5.91 Å². The molecule has 1 aromatic rings. The first-order valence-corrected chi connectivity index (χ1v) is 7.89. The molecule has 0 aliphatic carbocycles. The summed E-state index contributed by atoms with van der Waals surface area (Å²) < 4.78 is 0. The monoisotopic (exact) mass is 292 g/mol. The molecule has 3 rings (SSSR count). The minimum Gasteiger partial charge on any atom is -0.381 e. The highest BCUT2D eigenvalue weighted by molar-refractivity contribution is 6.33. The number of para-hydroxylation sites is 1. The van der Waals surface area contributed by atoms with Crippen LogP contribution in [0.4, 0.5) is 5.69 Å². The van der Waals surface area contributed by atoms with E-state index in [2.05, 4.69) is 23.2 Å². The number of benzene rings is 1. The molecule has 0 aromatic heterocycles. The van der Waals surface area contributed by atoms with E-state index < -0.39 is 0 Å². The second-order valence-electron chi connectivity index (χ2n) is 5.90. The van der Waals surface area contributed by atoms with Gasteiger partial charge in [-0.2, -0.15) is 0 Å². The third-order valence-corrected chi connectivity index (χ3v) is 4.67. The number of fused-ring (bicyclic) bond motifs is 1. The second kappa shape index (κ2) is 5.65. The van der Waals surface area contributed by atoms with Crippen LogP contribution in [-0.2, 0) is 4.79 Å². The molecule has 2 aliphatic rings. The van der Waals surface area contributed by atoms with Crippen LogP contribution in [0.3, 0.4) is 0 Å². The molecule has 20 heavy (non-hydrogen) atoms. The number of anilines is 1. The molecule has 1 aromatic carbocycles. The first-order chi connectivity index (χ1) is 9.66. The summed E-state index contributed by atoms with van der Waals surface area (Å²) in [6.07, 6.45) is 4.94. The van der Waals surface area contributed by atoms with E-state index >= 15 is 0 Å². The maximum Gasteiger partial charge on any atom is 0.223 e. The Morgan fingerprint density at radius 3 is 3.00 bits per heavy atom. The van der Waals surface area contributed by atoms with E-state index in [1.807, 2.05) is 12.1 Å². The summed E-state index contributed by atoms with van der Waals surface area (Å²) in [4.78, 5) is 14.5. The number of likely N-dealkylation sites (tertiary alicyclic amines) is 1. The van der Waals surface area contributed by atoms with Crippen molar-refractivity contribution in [3.05, 3.63) is 28.8 Å². The highest BCUT2D eigenvalue weighted by atomic mass is 35.5. The smallest absolute Gasteiger partial charge is 0.223 e. The van der Waals surface area contributed by atoms with Gasteiger partial charge in [0, 0.05) is 19.0 Å². The van der Waals surface area contributed by atoms with Crippen molar-refractivity contribution in [1.29, 1.82) is 0 Å². The highest BCUT2D eigenvalue weighted by Crippen LogP contribution is 2.41. The van der Waals surface area contributed by atoms with Gasteiger partial charge >= 0.3 is 0 Å². The van der Waals surface area contributed by atoms with Crippen molar-refractivity contribution in [2.24, 2.45) is 0 Å². The maximum absolute atomic E-state index is 12.4. The summed E-state index contributed by atoms with van der Waals surface area (Å²) in [5.74, 6) is 0.299. The summed E-state index contributed by atoms with van der Waals surface area (Å²) in [7, 11) is 0. The van der Waals surface area contributed by atoms with Gasteiger partial charge in [-0.15, -0.1) is 0 Å². The third-order valence-electron chi connectivity index (χ3n) is 4.36. The standard InChI is InChI=1S/C16H21ClN2O/c1-11-10-14(19-9-4-2-3-8-15(19)20)12-6-5-7-13(17)16(12)18-11/h5-7,11,14,18H,2-4,8-10H2,1H3/t11-,14+/m1/s1. The van der Waals surface area contributed by atoms with Crippen LogP contribution in [0.1, 0.15) is 50.6 Å². The average molecular weight is 293 g/mol. The number of hydrogen-bond donors (Lipinski definition) is 1. The SMILES string of the molecule is C[C@@H]1C[C@H](N2CCCCCC2=O)c2cccc(Cl)c2N1. The van der Waals surface area contributed by atoms with Crippen molar-refractivity contribution >= 4 is 23.2 Å². The molecule has 0 unspecified atom stereocenters. The van der Waals surface area contributed by atoms with Crippen LogP contribution >= 0.6 is 11.6 Å². The molecular weight excluding hydrogens is 272 g/mol. The van der Waals surface area contributed by atoms with Crippen LogP contribution in [0.5, 0.6) is 0 Å². The van der Waals surface area contributed by atoms with Gasteiger partial charge < -0.3 is 10.2 Å². The number of nitrogens with one attached hydrogen (secondary N) is 1. The Kier molecular flexibility index (Phi) is 3.88. The molecule has 0 spiro atoms. The minimum absolute atomic E-state index is 0.172. The third kappa shape index (κ3) is 2.51. The molecule has 2 aliphatic heterocycles. The van der Waals surface area contributed by atoms with Gasteiger partial charge in [0.1, 0.15) is 0 Å². The zero-order valence-electron chi connectivity index (χ0n) is 11.9. The van der Waals surface area contributed by atoms with Gasteiger partial charge in [0.15, 0.2) is 0 Å². The summed E-state index contributed by atoms with van der Waals surface area (Å²) in [5, 5.41) is 4.21. The first kappa shape index (κ1) is 13.7. The van der Waals surface area contributed by atoms with Crippen LogP contribution in [0.25, 0.3) is 0 Å². The molecule has 4 heteroatoms. The molecule has 1 saturated heterocycles. The Morgan fingerprint density at radius 2 is 2.15 bits per heavy atom. The molecular formula is C16H21ClN2O. The van der Waals surface area contributed by atoms with Crippen molar-refractivity contribution < 1.29 is 4.79 Å². The van der Waals surface area contributed by atoms with Crippen LogP contribution in [0.2, 0.25) is 5.02 Å².